The zero-order valence-corrected chi connectivity index (χ0v) is 22.3. The Hall–Kier alpha value is -3.94. The largest absolute Gasteiger partial charge is 0.372 e. The van der Waals surface area contributed by atoms with Crippen molar-refractivity contribution in [1.82, 2.24) is 25.5 Å². The highest BCUT2D eigenvalue weighted by Gasteiger charge is 2.12. The molecule has 4 aromatic rings. The number of H-pyrrole nitrogens is 1. The van der Waals surface area contributed by atoms with Crippen LogP contribution < -0.4 is 16.0 Å². The summed E-state index contributed by atoms with van der Waals surface area (Å²) in [5.41, 5.74) is 5.85. The normalized spacial score (nSPS) is 11.6. The standard InChI is InChI=1S/C31H38N6O/c1-24(2)37(19-15-27-21-35-30-8-4-3-7-29(27)30)22-26-9-12-28(13-10-26)36-23-33-17-18-34-31(38)14-11-25-6-5-16-32-20-25/h3-14,16,20-21,24,33,35-36H,15,17-19,22-23H2,1-2H3,(H,34,38)/b14-11+. The molecule has 0 aliphatic carbocycles. The number of benzene rings is 2. The average molecular weight is 511 g/mol. The van der Waals surface area contributed by atoms with Crippen LogP contribution in [0.1, 0.15) is 30.5 Å². The van der Waals surface area contributed by atoms with Gasteiger partial charge in [-0.3, -0.25) is 20.0 Å². The lowest BCUT2D eigenvalue weighted by atomic mass is 10.1. The number of rotatable bonds is 14. The van der Waals surface area contributed by atoms with Gasteiger partial charge in [0.1, 0.15) is 0 Å². The van der Waals surface area contributed by atoms with Gasteiger partial charge in [-0.05, 0) is 67.3 Å². The molecule has 4 N–H and O–H groups in total. The summed E-state index contributed by atoms with van der Waals surface area (Å²) in [6.07, 6.45) is 9.88. The molecule has 0 spiro atoms. The molecule has 0 fully saturated rings. The summed E-state index contributed by atoms with van der Waals surface area (Å²) in [5, 5.41) is 10.9. The highest BCUT2D eigenvalue weighted by atomic mass is 16.1. The molecular weight excluding hydrogens is 472 g/mol. The Morgan fingerprint density at radius 1 is 1.05 bits per heavy atom. The summed E-state index contributed by atoms with van der Waals surface area (Å²) < 4.78 is 0. The van der Waals surface area contributed by atoms with Crippen LogP contribution in [-0.2, 0) is 17.8 Å². The van der Waals surface area contributed by atoms with Crippen molar-refractivity contribution in [2.45, 2.75) is 32.9 Å². The second-order valence-electron chi connectivity index (χ2n) is 9.63. The van der Waals surface area contributed by atoms with Crippen molar-refractivity contribution in [2.24, 2.45) is 0 Å². The van der Waals surface area contributed by atoms with E-state index in [-0.39, 0.29) is 5.91 Å². The minimum atomic E-state index is -0.115. The molecule has 2 aromatic heterocycles. The second kappa shape index (κ2) is 14.1. The fourth-order valence-electron chi connectivity index (χ4n) is 4.32. The van der Waals surface area contributed by atoms with E-state index in [9.17, 15) is 4.79 Å². The molecule has 4 rings (SSSR count). The molecule has 0 radical (unpaired) electrons. The van der Waals surface area contributed by atoms with E-state index in [2.05, 4.69) is 99.4 Å². The van der Waals surface area contributed by atoms with Crippen LogP contribution in [0.25, 0.3) is 17.0 Å². The van der Waals surface area contributed by atoms with Crippen LogP contribution in [0.4, 0.5) is 5.69 Å². The van der Waals surface area contributed by atoms with Gasteiger partial charge in [-0.25, -0.2) is 0 Å². The number of hydrogen-bond donors (Lipinski definition) is 4. The number of amides is 1. The van der Waals surface area contributed by atoms with Crippen LogP contribution in [0.2, 0.25) is 0 Å². The van der Waals surface area contributed by atoms with Crippen LogP contribution in [0.5, 0.6) is 0 Å². The van der Waals surface area contributed by atoms with Gasteiger partial charge in [-0.15, -0.1) is 0 Å². The molecule has 7 nitrogen and oxygen atoms in total. The number of aromatic amines is 1. The highest BCUT2D eigenvalue weighted by Crippen LogP contribution is 2.19. The fraction of sp³-hybridized carbons (Fsp3) is 0.290. The number of nitrogens with zero attached hydrogens (tertiary/aromatic N) is 2. The summed E-state index contributed by atoms with van der Waals surface area (Å²) in [4.78, 5) is 21.8. The number of aromatic nitrogens is 2. The quantitative estimate of drug-likeness (QED) is 0.111. The van der Waals surface area contributed by atoms with Crippen molar-refractivity contribution in [1.29, 1.82) is 0 Å². The predicted molar refractivity (Wildman–Crippen MR) is 157 cm³/mol. The molecular formula is C31H38N6O. The van der Waals surface area contributed by atoms with Crippen molar-refractivity contribution in [3.05, 3.63) is 102 Å². The van der Waals surface area contributed by atoms with Crippen molar-refractivity contribution >= 4 is 28.6 Å². The minimum absolute atomic E-state index is 0.115. The molecule has 0 unspecified atom stereocenters. The smallest absolute Gasteiger partial charge is 0.244 e. The Balaban J connectivity index is 1.14. The summed E-state index contributed by atoms with van der Waals surface area (Å²) in [6, 6.07) is 21.4. The van der Waals surface area contributed by atoms with E-state index < -0.39 is 0 Å². The van der Waals surface area contributed by atoms with Gasteiger partial charge in [0.2, 0.25) is 5.91 Å². The number of fused-ring (bicyclic) bond motifs is 1. The van der Waals surface area contributed by atoms with Gasteiger partial charge in [0.15, 0.2) is 0 Å². The van der Waals surface area contributed by atoms with E-state index >= 15 is 0 Å². The number of carbonyl (C=O) groups excluding carboxylic acids is 1. The van der Waals surface area contributed by atoms with Crippen molar-refractivity contribution in [3.63, 3.8) is 0 Å². The van der Waals surface area contributed by atoms with Gasteiger partial charge in [0.05, 0.1) is 6.67 Å². The first-order chi connectivity index (χ1) is 18.6. The first-order valence-corrected chi connectivity index (χ1v) is 13.3. The SMILES string of the molecule is CC(C)N(CCc1c[nH]c2ccccc12)Cc1ccc(NCNCCNC(=O)/C=C/c2cccnc2)cc1. The zero-order valence-electron chi connectivity index (χ0n) is 22.3. The van der Waals surface area contributed by atoms with Crippen LogP contribution in [-0.4, -0.2) is 53.1 Å². The van der Waals surface area contributed by atoms with Gasteiger partial charge in [-0.2, -0.15) is 0 Å². The molecule has 0 saturated heterocycles. The number of anilines is 1. The maximum atomic E-state index is 11.9. The Bertz CT molecular complexity index is 1300. The molecule has 0 bridgehead atoms. The zero-order chi connectivity index (χ0) is 26.6. The van der Waals surface area contributed by atoms with E-state index in [1.807, 2.05) is 12.1 Å². The molecule has 0 saturated carbocycles. The van der Waals surface area contributed by atoms with Crippen molar-refractivity contribution in [2.75, 3.05) is 31.6 Å². The summed E-state index contributed by atoms with van der Waals surface area (Å²) in [7, 11) is 0. The molecule has 0 aliphatic rings. The molecule has 0 aliphatic heterocycles. The molecule has 38 heavy (non-hydrogen) atoms. The Morgan fingerprint density at radius 3 is 2.68 bits per heavy atom. The third-order valence-electron chi connectivity index (χ3n) is 6.54. The molecule has 2 heterocycles. The Labute approximate surface area is 225 Å². The number of para-hydroxylation sites is 1. The van der Waals surface area contributed by atoms with Gasteiger partial charge in [0, 0.05) is 73.5 Å². The fourth-order valence-corrected chi connectivity index (χ4v) is 4.32. The third-order valence-corrected chi connectivity index (χ3v) is 6.54. The number of pyridine rings is 1. The van der Waals surface area contributed by atoms with E-state index in [0.29, 0.717) is 25.8 Å². The van der Waals surface area contributed by atoms with E-state index in [1.165, 1.54) is 28.1 Å². The first-order valence-electron chi connectivity index (χ1n) is 13.3. The van der Waals surface area contributed by atoms with Crippen molar-refractivity contribution < 1.29 is 4.79 Å². The minimum Gasteiger partial charge on any atom is -0.372 e. The van der Waals surface area contributed by atoms with E-state index in [1.54, 1.807) is 18.5 Å². The lowest BCUT2D eigenvalue weighted by Crippen LogP contribution is -2.33. The maximum absolute atomic E-state index is 11.9. The molecule has 7 heteroatoms. The Morgan fingerprint density at radius 2 is 1.89 bits per heavy atom. The summed E-state index contributed by atoms with van der Waals surface area (Å²) in [5.74, 6) is -0.115. The van der Waals surface area contributed by atoms with Crippen LogP contribution in [0, 0.1) is 0 Å². The van der Waals surface area contributed by atoms with Gasteiger partial charge < -0.3 is 15.6 Å². The number of nitrogens with one attached hydrogen (secondary N) is 4. The molecule has 1 amide bonds. The van der Waals surface area contributed by atoms with Crippen LogP contribution in [0.3, 0.4) is 0 Å². The molecule has 0 atom stereocenters. The monoisotopic (exact) mass is 510 g/mol. The molecule has 2 aromatic carbocycles. The number of carbonyl (C=O) groups is 1. The molecule has 198 valence electrons. The van der Waals surface area contributed by atoms with E-state index in [0.717, 1.165) is 30.8 Å². The van der Waals surface area contributed by atoms with E-state index in [4.69, 9.17) is 0 Å². The van der Waals surface area contributed by atoms with Crippen LogP contribution in [0.15, 0.2) is 85.3 Å². The third kappa shape index (κ3) is 8.30. The van der Waals surface area contributed by atoms with Gasteiger partial charge in [0.25, 0.3) is 0 Å². The predicted octanol–water partition coefficient (Wildman–Crippen LogP) is 4.80. The lowest BCUT2D eigenvalue weighted by molar-refractivity contribution is -0.116. The maximum Gasteiger partial charge on any atom is 0.244 e. The number of hydrogen-bond acceptors (Lipinski definition) is 5. The van der Waals surface area contributed by atoms with Gasteiger partial charge in [-0.1, -0.05) is 36.4 Å². The topological polar surface area (TPSA) is 85.1 Å². The Kier molecular flexibility index (Phi) is 10.1. The average Bonchev–Trinajstić information content (AvgIpc) is 3.36. The second-order valence-corrected chi connectivity index (χ2v) is 9.63. The summed E-state index contributed by atoms with van der Waals surface area (Å²) in [6.45, 7) is 8.32. The van der Waals surface area contributed by atoms with Crippen molar-refractivity contribution in [3.8, 4) is 0 Å². The van der Waals surface area contributed by atoms with Gasteiger partial charge >= 0.3 is 0 Å². The highest BCUT2D eigenvalue weighted by molar-refractivity contribution is 5.91. The first kappa shape index (κ1) is 27.1. The van der Waals surface area contributed by atoms with Crippen LogP contribution >= 0.6 is 0 Å². The summed E-state index contributed by atoms with van der Waals surface area (Å²) >= 11 is 0. The lowest BCUT2D eigenvalue weighted by Gasteiger charge is -2.26.